The Hall–Kier alpha value is -2.33. The molecule has 0 aromatic heterocycles. The summed E-state index contributed by atoms with van der Waals surface area (Å²) < 4.78 is 5.34. The summed E-state index contributed by atoms with van der Waals surface area (Å²) in [5.41, 5.74) is 2.89. The lowest BCUT2D eigenvalue weighted by Gasteiger charge is -2.12. The van der Waals surface area contributed by atoms with Gasteiger partial charge in [-0.05, 0) is 37.2 Å². The zero-order chi connectivity index (χ0) is 15.0. The zero-order valence-corrected chi connectivity index (χ0v) is 12.1. The molecule has 0 radical (unpaired) electrons. The Balaban J connectivity index is 1.96. The molecule has 4 heteroatoms. The maximum atomic E-state index is 12.3. The molecule has 0 spiro atoms. The van der Waals surface area contributed by atoms with Gasteiger partial charge in [0.05, 0.1) is 0 Å². The molecular formula is C17H17NO3. The van der Waals surface area contributed by atoms with E-state index in [1.807, 2.05) is 26.1 Å². The van der Waals surface area contributed by atoms with Crippen molar-refractivity contribution in [3.63, 3.8) is 0 Å². The van der Waals surface area contributed by atoms with Gasteiger partial charge in [-0.25, -0.2) is 4.79 Å². The Labute approximate surface area is 123 Å². The molecule has 108 valence electrons. The predicted octanol–water partition coefficient (Wildman–Crippen LogP) is 2.87. The zero-order valence-electron chi connectivity index (χ0n) is 12.1. The molecule has 0 saturated heterocycles. The largest absolute Gasteiger partial charge is 0.507 e. The van der Waals surface area contributed by atoms with Gasteiger partial charge in [0.2, 0.25) is 0 Å². The molecule has 4 nitrogen and oxygen atoms in total. The SMILES string of the molecule is Cc1cc2c(c(O)c1C(=O)Oc1ccccc1)CN(C)C2. The van der Waals surface area contributed by atoms with E-state index >= 15 is 0 Å². The lowest BCUT2D eigenvalue weighted by atomic mass is 9.99. The third-order valence-electron chi connectivity index (χ3n) is 3.72. The van der Waals surface area contributed by atoms with Crippen LogP contribution in [0.3, 0.4) is 0 Å². The van der Waals surface area contributed by atoms with Crippen molar-refractivity contribution < 1.29 is 14.6 Å². The van der Waals surface area contributed by atoms with Gasteiger partial charge in [0.25, 0.3) is 0 Å². The van der Waals surface area contributed by atoms with E-state index < -0.39 is 5.97 Å². The van der Waals surface area contributed by atoms with Gasteiger partial charge >= 0.3 is 5.97 Å². The number of hydrogen-bond acceptors (Lipinski definition) is 4. The maximum Gasteiger partial charge on any atom is 0.347 e. The Bertz CT molecular complexity index is 695. The van der Waals surface area contributed by atoms with Gasteiger partial charge in [-0.2, -0.15) is 0 Å². The van der Waals surface area contributed by atoms with Crippen LogP contribution in [0.5, 0.6) is 11.5 Å². The number of carbonyl (C=O) groups excluding carboxylic acids is 1. The van der Waals surface area contributed by atoms with E-state index in [1.165, 1.54) is 0 Å². The van der Waals surface area contributed by atoms with Crippen LogP contribution in [0.4, 0.5) is 0 Å². The number of phenols is 1. The van der Waals surface area contributed by atoms with Gasteiger partial charge in [-0.15, -0.1) is 0 Å². The number of rotatable bonds is 2. The Morgan fingerprint density at radius 2 is 1.95 bits per heavy atom. The van der Waals surface area contributed by atoms with Crippen molar-refractivity contribution in [2.24, 2.45) is 0 Å². The lowest BCUT2D eigenvalue weighted by Crippen LogP contribution is -2.12. The highest BCUT2D eigenvalue weighted by molar-refractivity contribution is 5.96. The average molecular weight is 283 g/mol. The molecule has 1 heterocycles. The van der Waals surface area contributed by atoms with Gasteiger partial charge < -0.3 is 9.84 Å². The summed E-state index contributed by atoms with van der Waals surface area (Å²) in [5, 5.41) is 10.4. The molecule has 3 rings (SSSR count). The summed E-state index contributed by atoms with van der Waals surface area (Å²) in [5.74, 6) is 0.00255. The highest BCUT2D eigenvalue weighted by Crippen LogP contribution is 2.35. The molecular weight excluding hydrogens is 266 g/mol. The second-order valence-corrected chi connectivity index (χ2v) is 5.43. The highest BCUT2D eigenvalue weighted by atomic mass is 16.5. The smallest absolute Gasteiger partial charge is 0.347 e. The monoisotopic (exact) mass is 283 g/mol. The van der Waals surface area contributed by atoms with E-state index in [0.717, 1.165) is 23.2 Å². The molecule has 2 aromatic carbocycles. The van der Waals surface area contributed by atoms with Crippen LogP contribution < -0.4 is 4.74 Å². The number of ether oxygens (including phenoxy) is 1. The summed E-state index contributed by atoms with van der Waals surface area (Å²) >= 11 is 0. The molecule has 1 aliphatic heterocycles. The minimum Gasteiger partial charge on any atom is -0.507 e. The first-order chi connectivity index (χ1) is 10.1. The maximum absolute atomic E-state index is 12.3. The van der Waals surface area contributed by atoms with E-state index in [4.69, 9.17) is 4.74 Å². The second-order valence-electron chi connectivity index (χ2n) is 5.43. The first kappa shape index (κ1) is 13.6. The molecule has 1 aliphatic rings. The van der Waals surface area contributed by atoms with Crippen LogP contribution in [-0.4, -0.2) is 23.0 Å². The van der Waals surface area contributed by atoms with Crippen molar-refractivity contribution in [2.45, 2.75) is 20.0 Å². The number of benzene rings is 2. The number of phenolic OH excluding ortho intramolecular Hbond substituents is 1. The Kier molecular flexibility index (Phi) is 3.39. The number of esters is 1. The summed E-state index contributed by atoms with van der Waals surface area (Å²) in [6.45, 7) is 3.25. The number of hydrogen-bond donors (Lipinski definition) is 1. The second kappa shape index (κ2) is 5.22. The Morgan fingerprint density at radius 3 is 2.67 bits per heavy atom. The lowest BCUT2D eigenvalue weighted by molar-refractivity contribution is 0.0730. The van der Waals surface area contributed by atoms with Gasteiger partial charge in [0.1, 0.15) is 17.1 Å². The van der Waals surface area contributed by atoms with E-state index in [1.54, 1.807) is 24.3 Å². The summed E-state index contributed by atoms with van der Waals surface area (Å²) in [6.07, 6.45) is 0. The third kappa shape index (κ3) is 2.50. The molecule has 0 atom stereocenters. The molecule has 0 saturated carbocycles. The van der Waals surface area contributed by atoms with Crippen molar-refractivity contribution in [3.05, 3.63) is 58.7 Å². The van der Waals surface area contributed by atoms with Crippen LogP contribution in [0.2, 0.25) is 0 Å². The van der Waals surface area contributed by atoms with E-state index in [2.05, 4.69) is 4.90 Å². The normalized spacial score (nSPS) is 14.0. The van der Waals surface area contributed by atoms with E-state index in [-0.39, 0.29) is 11.3 Å². The first-order valence-corrected chi connectivity index (χ1v) is 6.86. The molecule has 0 unspecified atom stereocenters. The van der Waals surface area contributed by atoms with Crippen LogP contribution in [0.1, 0.15) is 27.0 Å². The van der Waals surface area contributed by atoms with Crippen molar-refractivity contribution >= 4 is 5.97 Å². The van der Waals surface area contributed by atoms with Crippen LogP contribution in [0.25, 0.3) is 0 Å². The van der Waals surface area contributed by atoms with E-state index in [9.17, 15) is 9.90 Å². The summed E-state index contributed by atoms with van der Waals surface area (Å²) in [4.78, 5) is 14.4. The van der Waals surface area contributed by atoms with Gasteiger partial charge in [-0.1, -0.05) is 24.3 Å². The number of aromatic hydroxyl groups is 1. The molecule has 21 heavy (non-hydrogen) atoms. The molecule has 2 aromatic rings. The molecule has 0 amide bonds. The predicted molar refractivity (Wildman–Crippen MR) is 79.4 cm³/mol. The van der Waals surface area contributed by atoms with Gasteiger partial charge in [-0.3, -0.25) is 4.90 Å². The Morgan fingerprint density at radius 1 is 1.24 bits per heavy atom. The number of aryl methyl sites for hydroxylation is 1. The third-order valence-corrected chi connectivity index (χ3v) is 3.72. The van der Waals surface area contributed by atoms with Crippen LogP contribution in [0.15, 0.2) is 36.4 Å². The molecule has 1 N–H and O–H groups in total. The van der Waals surface area contributed by atoms with Gasteiger partial charge in [0.15, 0.2) is 0 Å². The number of carbonyl (C=O) groups is 1. The summed E-state index contributed by atoms with van der Waals surface area (Å²) in [6, 6.07) is 10.8. The standard InChI is InChI=1S/C17H17NO3/c1-11-8-12-9-18(2)10-14(12)16(19)15(11)17(20)21-13-6-4-3-5-7-13/h3-8,19H,9-10H2,1-2H3. The quantitative estimate of drug-likeness (QED) is 0.680. The number of fused-ring (bicyclic) bond motifs is 1. The fourth-order valence-corrected chi connectivity index (χ4v) is 2.75. The van der Waals surface area contributed by atoms with Gasteiger partial charge in [0, 0.05) is 18.7 Å². The first-order valence-electron chi connectivity index (χ1n) is 6.86. The molecule has 0 fully saturated rings. The number of nitrogens with zero attached hydrogens (tertiary/aromatic N) is 1. The fraction of sp³-hybridized carbons (Fsp3) is 0.235. The van der Waals surface area contributed by atoms with Crippen molar-refractivity contribution in [3.8, 4) is 11.5 Å². The fourth-order valence-electron chi connectivity index (χ4n) is 2.75. The van der Waals surface area contributed by atoms with Crippen LogP contribution in [0, 0.1) is 6.92 Å². The van der Waals surface area contributed by atoms with Crippen molar-refractivity contribution in [1.29, 1.82) is 0 Å². The average Bonchev–Trinajstić information content (AvgIpc) is 2.80. The molecule has 0 aliphatic carbocycles. The minimum atomic E-state index is -0.520. The minimum absolute atomic E-state index is 0.0512. The van der Waals surface area contributed by atoms with Crippen LogP contribution in [-0.2, 0) is 13.1 Å². The number of para-hydroxylation sites is 1. The van der Waals surface area contributed by atoms with Crippen molar-refractivity contribution in [2.75, 3.05) is 7.05 Å². The van der Waals surface area contributed by atoms with E-state index in [0.29, 0.717) is 12.3 Å². The summed E-state index contributed by atoms with van der Waals surface area (Å²) in [7, 11) is 1.98. The van der Waals surface area contributed by atoms with Crippen LogP contribution >= 0.6 is 0 Å². The molecule has 0 bridgehead atoms. The van der Waals surface area contributed by atoms with Crippen molar-refractivity contribution in [1.82, 2.24) is 4.90 Å². The highest BCUT2D eigenvalue weighted by Gasteiger charge is 2.26. The topological polar surface area (TPSA) is 49.8 Å².